The molecule has 1 aliphatic heterocycles. The molecule has 2 N–H and O–H groups in total. The zero-order valence-electron chi connectivity index (χ0n) is 15.9. The van der Waals surface area contributed by atoms with Gasteiger partial charge in [-0.15, -0.1) is 0 Å². The third-order valence-electron chi connectivity index (χ3n) is 4.72. The van der Waals surface area contributed by atoms with Gasteiger partial charge in [-0.05, 0) is 52.7 Å². The molecule has 0 saturated carbocycles. The molecule has 0 radical (unpaired) electrons. The summed E-state index contributed by atoms with van der Waals surface area (Å²) in [5.74, 6) is 0.312. The molecule has 1 fully saturated rings. The summed E-state index contributed by atoms with van der Waals surface area (Å²) in [6, 6.07) is 6.37. The Labute approximate surface area is 152 Å². The standard InChI is InChI=1S/C20H26N2O4/c1-19(2)10-12(11-20(3,4)22-19)21-18(24)15-9-17(23)26-16-8-13(25-5)6-7-14(15)16/h6-9,12,22H,10-11H2,1-5H3,(H,21,24). The predicted octanol–water partition coefficient (Wildman–Crippen LogP) is 2.84. The van der Waals surface area contributed by atoms with Crippen molar-refractivity contribution in [1.29, 1.82) is 0 Å². The van der Waals surface area contributed by atoms with Crippen molar-refractivity contribution in [3.05, 3.63) is 40.2 Å². The molecule has 1 aromatic carbocycles. The van der Waals surface area contributed by atoms with E-state index in [4.69, 9.17) is 9.15 Å². The van der Waals surface area contributed by atoms with Crippen LogP contribution in [0.15, 0.2) is 33.5 Å². The third-order valence-corrected chi connectivity index (χ3v) is 4.72. The summed E-state index contributed by atoms with van der Waals surface area (Å²) in [7, 11) is 1.54. The number of benzene rings is 1. The number of piperidine rings is 1. The molecule has 0 aliphatic carbocycles. The van der Waals surface area contributed by atoms with Crippen LogP contribution in [0.5, 0.6) is 5.75 Å². The van der Waals surface area contributed by atoms with Gasteiger partial charge in [-0.1, -0.05) is 0 Å². The molecule has 26 heavy (non-hydrogen) atoms. The van der Waals surface area contributed by atoms with Gasteiger partial charge in [-0.2, -0.15) is 0 Å². The van der Waals surface area contributed by atoms with Crippen LogP contribution in [-0.2, 0) is 0 Å². The average Bonchev–Trinajstić information content (AvgIpc) is 2.50. The number of ether oxygens (including phenoxy) is 1. The number of methoxy groups -OCH3 is 1. The first-order chi connectivity index (χ1) is 12.1. The van der Waals surface area contributed by atoms with Crippen molar-refractivity contribution >= 4 is 16.9 Å². The minimum Gasteiger partial charge on any atom is -0.497 e. The zero-order chi connectivity index (χ0) is 19.1. The number of nitrogens with one attached hydrogen (secondary N) is 2. The maximum absolute atomic E-state index is 12.9. The SMILES string of the molecule is COc1ccc2c(C(=O)NC3CC(C)(C)NC(C)(C)C3)cc(=O)oc2c1. The smallest absolute Gasteiger partial charge is 0.337 e. The molecular formula is C20H26N2O4. The van der Waals surface area contributed by atoms with Gasteiger partial charge in [0, 0.05) is 34.6 Å². The van der Waals surface area contributed by atoms with E-state index in [0.717, 1.165) is 12.8 Å². The number of hydrogen-bond acceptors (Lipinski definition) is 5. The minimum absolute atomic E-state index is 0.0225. The number of carbonyl (C=O) groups is 1. The summed E-state index contributed by atoms with van der Waals surface area (Å²) in [6.07, 6.45) is 1.63. The molecular weight excluding hydrogens is 332 g/mol. The van der Waals surface area contributed by atoms with Crippen molar-refractivity contribution in [2.75, 3.05) is 7.11 Å². The lowest BCUT2D eigenvalue weighted by Crippen LogP contribution is -2.62. The fourth-order valence-electron chi connectivity index (χ4n) is 4.15. The van der Waals surface area contributed by atoms with Crippen molar-refractivity contribution in [2.45, 2.75) is 57.7 Å². The Morgan fingerprint density at radius 3 is 2.46 bits per heavy atom. The quantitative estimate of drug-likeness (QED) is 0.825. The van der Waals surface area contributed by atoms with E-state index in [9.17, 15) is 9.59 Å². The maximum Gasteiger partial charge on any atom is 0.337 e. The van der Waals surface area contributed by atoms with Gasteiger partial charge in [0.1, 0.15) is 11.3 Å². The Kier molecular flexibility index (Phi) is 4.56. The highest BCUT2D eigenvalue weighted by molar-refractivity contribution is 6.05. The summed E-state index contributed by atoms with van der Waals surface area (Å²) in [6.45, 7) is 8.52. The third kappa shape index (κ3) is 3.90. The van der Waals surface area contributed by atoms with Crippen LogP contribution in [0.25, 0.3) is 11.0 Å². The summed E-state index contributed by atoms with van der Waals surface area (Å²) in [4.78, 5) is 24.8. The first-order valence-electron chi connectivity index (χ1n) is 8.81. The number of carbonyl (C=O) groups excluding carboxylic acids is 1. The normalized spacial score (nSPS) is 19.3. The van der Waals surface area contributed by atoms with E-state index in [1.165, 1.54) is 13.2 Å². The van der Waals surface area contributed by atoms with E-state index in [0.29, 0.717) is 22.3 Å². The van der Waals surface area contributed by atoms with Crippen LogP contribution in [0.3, 0.4) is 0 Å². The molecule has 6 heteroatoms. The van der Waals surface area contributed by atoms with Crippen molar-refractivity contribution in [3.63, 3.8) is 0 Å². The number of rotatable bonds is 3. The molecule has 0 unspecified atom stereocenters. The Balaban J connectivity index is 1.92. The first kappa shape index (κ1) is 18.5. The van der Waals surface area contributed by atoms with E-state index in [2.05, 4.69) is 38.3 Å². The van der Waals surface area contributed by atoms with Crippen LogP contribution in [0, 0.1) is 0 Å². The highest BCUT2D eigenvalue weighted by Gasteiger charge is 2.38. The second-order valence-corrected chi connectivity index (χ2v) is 8.31. The summed E-state index contributed by atoms with van der Waals surface area (Å²) in [5.41, 5.74) is -0.0433. The molecule has 0 spiro atoms. The van der Waals surface area contributed by atoms with Crippen LogP contribution in [0.1, 0.15) is 50.9 Å². The van der Waals surface area contributed by atoms with Gasteiger partial charge in [0.05, 0.1) is 12.7 Å². The van der Waals surface area contributed by atoms with Crippen LogP contribution < -0.4 is 21.0 Å². The van der Waals surface area contributed by atoms with Crippen LogP contribution in [0.2, 0.25) is 0 Å². The van der Waals surface area contributed by atoms with E-state index >= 15 is 0 Å². The van der Waals surface area contributed by atoms with Gasteiger partial charge in [0.25, 0.3) is 5.91 Å². The molecule has 1 saturated heterocycles. The van der Waals surface area contributed by atoms with Gasteiger partial charge in [-0.3, -0.25) is 4.79 Å². The summed E-state index contributed by atoms with van der Waals surface area (Å²) in [5, 5.41) is 7.29. The lowest BCUT2D eigenvalue weighted by Gasteiger charge is -2.46. The van der Waals surface area contributed by atoms with Crippen LogP contribution in [-0.4, -0.2) is 30.1 Å². The molecule has 0 bridgehead atoms. The monoisotopic (exact) mass is 358 g/mol. The minimum atomic E-state index is -0.554. The van der Waals surface area contributed by atoms with E-state index < -0.39 is 5.63 Å². The van der Waals surface area contributed by atoms with Crippen molar-refractivity contribution in [3.8, 4) is 5.75 Å². The van der Waals surface area contributed by atoms with E-state index in [-0.39, 0.29) is 23.0 Å². The topological polar surface area (TPSA) is 80.6 Å². The van der Waals surface area contributed by atoms with Crippen LogP contribution >= 0.6 is 0 Å². The zero-order valence-corrected chi connectivity index (χ0v) is 15.9. The molecule has 0 atom stereocenters. The van der Waals surface area contributed by atoms with Crippen LogP contribution in [0.4, 0.5) is 0 Å². The van der Waals surface area contributed by atoms with Gasteiger partial charge in [-0.25, -0.2) is 4.79 Å². The second-order valence-electron chi connectivity index (χ2n) is 8.31. The average molecular weight is 358 g/mol. The first-order valence-corrected chi connectivity index (χ1v) is 8.81. The molecule has 1 aromatic heterocycles. The lowest BCUT2D eigenvalue weighted by atomic mass is 9.79. The Hall–Kier alpha value is -2.34. The fourth-order valence-corrected chi connectivity index (χ4v) is 4.15. The van der Waals surface area contributed by atoms with Gasteiger partial charge < -0.3 is 19.8 Å². The molecule has 1 amide bonds. The highest BCUT2D eigenvalue weighted by atomic mass is 16.5. The van der Waals surface area contributed by atoms with Gasteiger partial charge in [0.2, 0.25) is 0 Å². The van der Waals surface area contributed by atoms with Crippen molar-refractivity contribution in [2.24, 2.45) is 0 Å². The predicted molar refractivity (Wildman–Crippen MR) is 101 cm³/mol. The Bertz CT molecular complexity index is 882. The van der Waals surface area contributed by atoms with Crippen molar-refractivity contribution in [1.82, 2.24) is 10.6 Å². The van der Waals surface area contributed by atoms with E-state index in [1.54, 1.807) is 18.2 Å². The van der Waals surface area contributed by atoms with Gasteiger partial charge >= 0.3 is 5.63 Å². The Morgan fingerprint density at radius 2 is 1.85 bits per heavy atom. The van der Waals surface area contributed by atoms with Crippen molar-refractivity contribution < 1.29 is 13.9 Å². The number of hydrogen-bond donors (Lipinski definition) is 2. The Morgan fingerprint density at radius 1 is 1.19 bits per heavy atom. The summed E-state index contributed by atoms with van der Waals surface area (Å²) < 4.78 is 10.4. The lowest BCUT2D eigenvalue weighted by molar-refractivity contribution is 0.0874. The highest BCUT2D eigenvalue weighted by Crippen LogP contribution is 2.29. The number of fused-ring (bicyclic) bond motifs is 1. The molecule has 1 aliphatic rings. The maximum atomic E-state index is 12.9. The van der Waals surface area contributed by atoms with E-state index in [1.807, 2.05) is 0 Å². The molecule has 2 aromatic rings. The fraction of sp³-hybridized carbons (Fsp3) is 0.500. The second kappa shape index (κ2) is 6.43. The number of amides is 1. The molecule has 6 nitrogen and oxygen atoms in total. The molecule has 3 rings (SSSR count). The molecule has 2 heterocycles. The van der Waals surface area contributed by atoms with Gasteiger partial charge in [0.15, 0.2) is 0 Å². The largest absolute Gasteiger partial charge is 0.497 e. The molecule has 140 valence electrons. The summed E-state index contributed by atoms with van der Waals surface area (Å²) >= 11 is 0.